The average Bonchev–Trinajstić information content (AvgIpc) is 2.75. The summed E-state index contributed by atoms with van der Waals surface area (Å²) < 4.78 is 0.774. The first kappa shape index (κ1) is 12.4. The molecule has 0 aliphatic heterocycles. The molecule has 0 heterocycles. The van der Waals surface area contributed by atoms with Crippen LogP contribution >= 0.6 is 15.9 Å². The molecular formula is C12H15BrN2O2. The van der Waals surface area contributed by atoms with Crippen molar-refractivity contribution in [2.45, 2.75) is 38.6 Å². The molecule has 92 valence electrons. The molecule has 1 aromatic rings. The van der Waals surface area contributed by atoms with Crippen LogP contribution in [0.3, 0.4) is 0 Å². The van der Waals surface area contributed by atoms with Crippen molar-refractivity contribution in [1.82, 2.24) is 0 Å². The molecule has 0 saturated heterocycles. The highest BCUT2D eigenvalue weighted by Gasteiger charge is 2.18. The number of nitro benzene ring substituents is 1. The van der Waals surface area contributed by atoms with Crippen LogP contribution in [0.15, 0.2) is 16.6 Å². The number of nitro groups is 1. The van der Waals surface area contributed by atoms with E-state index in [0.717, 1.165) is 15.7 Å². The highest BCUT2D eigenvalue weighted by molar-refractivity contribution is 9.10. The van der Waals surface area contributed by atoms with Crippen molar-refractivity contribution in [2.24, 2.45) is 0 Å². The van der Waals surface area contributed by atoms with Gasteiger partial charge in [-0.05, 0) is 41.3 Å². The minimum absolute atomic E-state index is 0.131. The highest BCUT2D eigenvalue weighted by atomic mass is 79.9. The second-order valence-electron chi connectivity index (χ2n) is 4.50. The minimum Gasteiger partial charge on any atom is -0.381 e. The van der Waals surface area contributed by atoms with Crippen molar-refractivity contribution < 1.29 is 4.92 Å². The number of nitrogens with zero attached hydrogens (tertiary/aromatic N) is 1. The Kier molecular flexibility index (Phi) is 3.66. The molecule has 5 heteroatoms. The van der Waals surface area contributed by atoms with E-state index >= 15 is 0 Å². The Morgan fingerprint density at radius 1 is 1.41 bits per heavy atom. The van der Waals surface area contributed by atoms with E-state index in [9.17, 15) is 10.1 Å². The van der Waals surface area contributed by atoms with Crippen molar-refractivity contribution in [3.63, 3.8) is 0 Å². The molecule has 1 N–H and O–H groups in total. The molecule has 1 fully saturated rings. The Balaban J connectivity index is 2.24. The smallest absolute Gasteiger partial charge is 0.270 e. The lowest BCUT2D eigenvalue weighted by molar-refractivity contribution is -0.385. The fourth-order valence-electron chi connectivity index (χ4n) is 2.29. The van der Waals surface area contributed by atoms with E-state index in [1.807, 2.05) is 6.92 Å². The van der Waals surface area contributed by atoms with E-state index in [2.05, 4.69) is 21.2 Å². The predicted molar refractivity (Wildman–Crippen MR) is 71.4 cm³/mol. The van der Waals surface area contributed by atoms with Crippen LogP contribution in [-0.4, -0.2) is 11.0 Å². The van der Waals surface area contributed by atoms with Gasteiger partial charge >= 0.3 is 0 Å². The lowest BCUT2D eigenvalue weighted by Crippen LogP contribution is -2.15. The number of benzene rings is 1. The largest absolute Gasteiger partial charge is 0.381 e. The molecule has 0 aromatic heterocycles. The second kappa shape index (κ2) is 5.04. The number of nitrogens with one attached hydrogen (secondary N) is 1. The Bertz CT molecular complexity index is 419. The lowest BCUT2D eigenvalue weighted by atomic mass is 10.1. The first-order valence-electron chi connectivity index (χ1n) is 5.79. The summed E-state index contributed by atoms with van der Waals surface area (Å²) in [6.07, 6.45) is 4.90. The molecule has 1 aliphatic carbocycles. The topological polar surface area (TPSA) is 55.2 Å². The molecule has 1 saturated carbocycles. The third kappa shape index (κ3) is 2.77. The van der Waals surface area contributed by atoms with E-state index in [0.29, 0.717) is 6.04 Å². The van der Waals surface area contributed by atoms with Gasteiger partial charge in [0.25, 0.3) is 5.69 Å². The summed E-state index contributed by atoms with van der Waals surface area (Å²) in [5.41, 5.74) is 2.03. The van der Waals surface area contributed by atoms with Crippen LogP contribution in [0.4, 0.5) is 11.4 Å². The van der Waals surface area contributed by atoms with Crippen molar-refractivity contribution in [3.8, 4) is 0 Å². The molecule has 4 nitrogen and oxygen atoms in total. The summed E-state index contributed by atoms with van der Waals surface area (Å²) in [4.78, 5) is 10.4. The van der Waals surface area contributed by atoms with E-state index in [4.69, 9.17) is 0 Å². The lowest BCUT2D eigenvalue weighted by Gasteiger charge is -2.17. The maximum Gasteiger partial charge on any atom is 0.270 e. The zero-order valence-electron chi connectivity index (χ0n) is 9.70. The van der Waals surface area contributed by atoms with Gasteiger partial charge in [-0.15, -0.1) is 0 Å². The predicted octanol–water partition coefficient (Wildman–Crippen LogP) is 4.02. The van der Waals surface area contributed by atoms with Gasteiger partial charge in [-0.1, -0.05) is 12.8 Å². The van der Waals surface area contributed by atoms with Crippen LogP contribution in [0.5, 0.6) is 0 Å². The highest BCUT2D eigenvalue weighted by Crippen LogP contribution is 2.33. The average molecular weight is 299 g/mol. The number of rotatable bonds is 3. The van der Waals surface area contributed by atoms with Crippen LogP contribution in [0.25, 0.3) is 0 Å². The molecular weight excluding hydrogens is 284 g/mol. The van der Waals surface area contributed by atoms with Gasteiger partial charge in [0.05, 0.1) is 10.6 Å². The van der Waals surface area contributed by atoms with Gasteiger partial charge in [0, 0.05) is 22.6 Å². The number of halogens is 1. The van der Waals surface area contributed by atoms with E-state index < -0.39 is 0 Å². The zero-order valence-corrected chi connectivity index (χ0v) is 11.3. The summed E-state index contributed by atoms with van der Waals surface area (Å²) in [5.74, 6) is 0. The van der Waals surface area contributed by atoms with Crippen molar-refractivity contribution in [2.75, 3.05) is 5.32 Å². The molecule has 2 rings (SSSR count). The Labute approximate surface area is 109 Å². The van der Waals surface area contributed by atoms with Crippen molar-refractivity contribution in [3.05, 3.63) is 32.3 Å². The van der Waals surface area contributed by atoms with E-state index in [-0.39, 0.29) is 10.6 Å². The third-order valence-corrected chi connectivity index (χ3v) is 3.81. The summed E-state index contributed by atoms with van der Waals surface area (Å²) >= 11 is 3.41. The van der Waals surface area contributed by atoms with Crippen LogP contribution in [0.1, 0.15) is 31.2 Å². The Morgan fingerprint density at radius 3 is 2.59 bits per heavy atom. The minimum atomic E-state index is -0.364. The Morgan fingerprint density at radius 2 is 2.06 bits per heavy atom. The Hall–Kier alpha value is -1.10. The number of hydrogen-bond acceptors (Lipinski definition) is 3. The fraction of sp³-hybridized carbons (Fsp3) is 0.500. The summed E-state index contributed by atoms with van der Waals surface area (Å²) in [7, 11) is 0. The van der Waals surface area contributed by atoms with Crippen LogP contribution in [-0.2, 0) is 0 Å². The van der Waals surface area contributed by atoms with E-state index in [1.165, 1.54) is 25.7 Å². The van der Waals surface area contributed by atoms with Crippen LogP contribution < -0.4 is 5.32 Å². The first-order chi connectivity index (χ1) is 8.08. The van der Waals surface area contributed by atoms with Gasteiger partial charge in [-0.25, -0.2) is 0 Å². The number of non-ortho nitro benzene ring substituents is 1. The standard InChI is InChI=1S/C12H15BrN2O2/c1-8-6-10(15(16)17)7-11(13)12(8)14-9-4-2-3-5-9/h6-7,9,14H,2-5H2,1H3. The zero-order chi connectivity index (χ0) is 12.4. The first-order valence-corrected chi connectivity index (χ1v) is 6.58. The SMILES string of the molecule is Cc1cc([N+](=O)[O-])cc(Br)c1NC1CCCC1. The van der Waals surface area contributed by atoms with Gasteiger partial charge in [0.15, 0.2) is 0 Å². The fourth-order valence-corrected chi connectivity index (χ4v) is 2.95. The van der Waals surface area contributed by atoms with Gasteiger partial charge in [-0.2, -0.15) is 0 Å². The number of aryl methyl sites for hydroxylation is 1. The molecule has 0 radical (unpaired) electrons. The van der Waals surface area contributed by atoms with Crippen molar-refractivity contribution in [1.29, 1.82) is 0 Å². The maximum absolute atomic E-state index is 10.7. The normalized spacial score (nSPS) is 16.1. The summed E-state index contributed by atoms with van der Waals surface area (Å²) in [6.45, 7) is 1.90. The number of hydrogen-bond donors (Lipinski definition) is 1. The second-order valence-corrected chi connectivity index (χ2v) is 5.36. The molecule has 0 amide bonds. The van der Waals surface area contributed by atoms with Crippen LogP contribution in [0, 0.1) is 17.0 Å². The molecule has 1 aromatic carbocycles. The third-order valence-electron chi connectivity index (χ3n) is 3.19. The summed E-state index contributed by atoms with van der Waals surface area (Å²) in [6, 6.07) is 3.68. The van der Waals surface area contributed by atoms with Gasteiger partial charge in [-0.3, -0.25) is 10.1 Å². The molecule has 1 aliphatic rings. The molecule has 0 unspecified atom stereocenters. The van der Waals surface area contributed by atoms with Gasteiger partial charge in [0.2, 0.25) is 0 Å². The van der Waals surface area contributed by atoms with Crippen molar-refractivity contribution >= 4 is 27.3 Å². The summed E-state index contributed by atoms with van der Waals surface area (Å²) in [5, 5.41) is 14.2. The molecule has 0 spiro atoms. The molecule has 17 heavy (non-hydrogen) atoms. The quantitative estimate of drug-likeness (QED) is 0.677. The van der Waals surface area contributed by atoms with Crippen LogP contribution in [0.2, 0.25) is 0 Å². The molecule has 0 atom stereocenters. The van der Waals surface area contributed by atoms with E-state index in [1.54, 1.807) is 12.1 Å². The number of anilines is 1. The maximum atomic E-state index is 10.7. The van der Waals surface area contributed by atoms with Gasteiger partial charge < -0.3 is 5.32 Å². The molecule has 0 bridgehead atoms. The monoisotopic (exact) mass is 298 g/mol. The van der Waals surface area contributed by atoms with Gasteiger partial charge in [0.1, 0.15) is 0 Å².